The number of anilines is 1. The Morgan fingerprint density at radius 1 is 1.06 bits per heavy atom. The minimum atomic E-state index is -4.77. The van der Waals surface area contributed by atoms with Crippen molar-refractivity contribution in [3.05, 3.63) is 53.6 Å². The number of nitrogens with zero attached hydrogens (tertiary/aromatic N) is 4. The number of halogens is 3. The summed E-state index contributed by atoms with van der Waals surface area (Å²) in [6.45, 7) is 8.29. The molecule has 3 aromatic rings. The van der Waals surface area contributed by atoms with Gasteiger partial charge < -0.3 is 10.1 Å². The minimum Gasteiger partial charge on any atom is -0.406 e. The molecule has 0 fully saturated rings. The lowest BCUT2D eigenvalue weighted by atomic mass is 9.92. The van der Waals surface area contributed by atoms with Crippen LogP contribution in [0.15, 0.2) is 47.6 Å². The molecule has 2 aromatic carbocycles. The summed E-state index contributed by atoms with van der Waals surface area (Å²) in [7, 11) is 0. The Morgan fingerprint density at radius 2 is 1.67 bits per heavy atom. The predicted octanol–water partition coefficient (Wildman–Crippen LogP) is 5.54. The Kier molecular flexibility index (Phi) is 7.62. The molecule has 3 rings (SSSR count). The van der Waals surface area contributed by atoms with Gasteiger partial charge in [-0.1, -0.05) is 57.7 Å². The standard InChI is InChI=1S/C22H24F3N5O2S/c1-13(2)17-6-5-7-18(14(3)4)20(17)26-19(31)12-33-21-27-28-29-30(21)15-8-10-16(11-9-15)32-22(23,24)25/h5-11,13-14H,12H2,1-4H3,(H,26,31). The van der Waals surface area contributed by atoms with Crippen LogP contribution in [0.1, 0.15) is 50.7 Å². The van der Waals surface area contributed by atoms with E-state index in [0.29, 0.717) is 10.8 Å². The Labute approximate surface area is 193 Å². The number of tetrazole rings is 1. The highest BCUT2D eigenvalue weighted by Crippen LogP contribution is 2.32. The van der Waals surface area contributed by atoms with Crippen molar-refractivity contribution in [3.63, 3.8) is 0 Å². The summed E-state index contributed by atoms with van der Waals surface area (Å²) >= 11 is 1.12. The number of hydrogen-bond acceptors (Lipinski definition) is 6. The molecule has 0 aliphatic heterocycles. The van der Waals surface area contributed by atoms with Gasteiger partial charge >= 0.3 is 6.36 Å². The van der Waals surface area contributed by atoms with Gasteiger partial charge in [-0.2, -0.15) is 4.68 Å². The molecule has 1 N–H and O–H groups in total. The average Bonchev–Trinajstić information content (AvgIpc) is 3.20. The van der Waals surface area contributed by atoms with Crippen LogP contribution in [0, 0.1) is 0 Å². The molecule has 176 valence electrons. The SMILES string of the molecule is CC(C)c1cccc(C(C)C)c1NC(=O)CSc1nnnn1-c1ccc(OC(F)(F)F)cc1. The first-order valence-electron chi connectivity index (χ1n) is 10.2. The summed E-state index contributed by atoms with van der Waals surface area (Å²) in [4.78, 5) is 12.7. The molecule has 0 atom stereocenters. The molecule has 11 heteroatoms. The van der Waals surface area contributed by atoms with Crippen LogP contribution < -0.4 is 10.1 Å². The zero-order valence-electron chi connectivity index (χ0n) is 18.6. The fourth-order valence-electron chi connectivity index (χ4n) is 3.22. The van der Waals surface area contributed by atoms with Crippen molar-refractivity contribution in [2.75, 3.05) is 11.1 Å². The molecule has 1 aromatic heterocycles. The Hall–Kier alpha value is -3.08. The van der Waals surface area contributed by atoms with Crippen molar-refractivity contribution in [2.24, 2.45) is 0 Å². The number of rotatable bonds is 8. The van der Waals surface area contributed by atoms with Crippen LogP contribution >= 0.6 is 11.8 Å². The van der Waals surface area contributed by atoms with Crippen LogP contribution in [0.4, 0.5) is 18.9 Å². The van der Waals surface area contributed by atoms with Gasteiger partial charge in [0.05, 0.1) is 11.4 Å². The number of amides is 1. The first-order chi connectivity index (χ1) is 15.5. The fraction of sp³-hybridized carbons (Fsp3) is 0.364. The predicted molar refractivity (Wildman–Crippen MR) is 120 cm³/mol. The monoisotopic (exact) mass is 479 g/mol. The van der Waals surface area contributed by atoms with E-state index in [1.807, 2.05) is 18.2 Å². The van der Waals surface area contributed by atoms with Crippen molar-refractivity contribution in [2.45, 2.75) is 51.0 Å². The molecule has 1 heterocycles. The van der Waals surface area contributed by atoms with Crippen LogP contribution in [0.5, 0.6) is 5.75 Å². The molecule has 33 heavy (non-hydrogen) atoms. The third-order valence-corrected chi connectivity index (χ3v) is 5.64. The van der Waals surface area contributed by atoms with Crippen molar-refractivity contribution in [1.29, 1.82) is 0 Å². The van der Waals surface area contributed by atoms with Crippen LogP contribution in [0.3, 0.4) is 0 Å². The second-order valence-electron chi connectivity index (χ2n) is 7.87. The Balaban J connectivity index is 1.71. The van der Waals surface area contributed by atoms with Gasteiger partial charge in [0, 0.05) is 5.69 Å². The third kappa shape index (κ3) is 6.47. The molecular formula is C22H24F3N5O2S. The minimum absolute atomic E-state index is 0.0552. The largest absolute Gasteiger partial charge is 0.573 e. The number of carbonyl (C=O) groups excluding carboxylic acids is 1. The van der Waals surface area contributed by atoms with Crippen LogP contribution in [0.2, 0.25) is 0 Å². The zero-order chi connectivity index (χ0) is 24.2. The molecule has 0 aliphatic carbocycles. The smallest absolute Gasteiger partial charge is 0.406 e. The number of hydrogen-bond donors (Lipinski definition) is 1. The molecule has 0 spiro atoms. The lowest BCUT2D eigenvalue weighted by molar-refractivity contribution is -0.274. The highest BCUT2D eigenvalue weighted by atomic mass is 32.2. The van der Waals surface area contributed by atoms with Crippen LogP contribution in [0.25, 0.3) is 5.69 Å². The van der Waals surface area contributed by atoms with E-state index in [1.165, 1.54) is 28.9 Å². The molecule has 0 unspecified atom stereocenters. The van der Waals surface area contributed by atoms with E-state index < -0.39 is 6.36 Å². The maximum absolute atomic E-state index is 12.7. The molecule has 7 nitrogen and oxygen atoms in total. The number of aromatic nitrogens is 4. The number of carbonyl (C=O) groups is 1. The molecule has 0 saturated carbocycles. The van der Waals surface area contributed by atoms with Gasteiger partial charge in [-0.3, -0.25) is 4.79 Å². The van der Waals surface area contributed by atoms with E-state index >= 15 is 0 Å². The van der Waals surface area contributed by atoms with Crippen LogP contribution in [-0.2, 0) is 4.79 Å². The first-order valence-corrected chi connectivity index (χ1v) is 11.2. The topological polar surface area (TPSA) is 81.9 Å². The molecule has 0 aliphatic rings. The van der Waals surface area contributed by atoms with Gasteiger partial charge in [-0.15, -0.1) is 18.3 Å². The molecule has 1 amide bonds. The van der Waals surface area contributed by atoms with Crippen molar-refractivity contribution in [1.82, 2.24) is 20.2 Å². The summed E-state index contributed by atoms with van der Waals surface area (Å²) < 4.78 is 42.3. The van der Waals surface area contributed by atoms with E-state index in [9.17, 15) is 18.0 Å². The summed E-state index contributed by atoms with van der Waals surface area (Å²) in [5, 5.41) is 14.8. The van der Waals surface area contributed by atoms with Gasteiger partial charge in [0.25, 0.3) is 0 Å². The van der Waals surface area contributed by atoms with Gasteiger partial charge in [0.2, 0.25) is 11.1 Å². The third-order valence-electron chi connectivity index (χ3n) is 4.73. The lowest BCUT2D eigenvalue weighted by Crippen LogP contribution is -2.18. The second kappa shape index (κ2) is 10.2. The number of thioether (sulfide) groups is 1. The van der Waals surface area contributed by atoms with Crippen molar-refractivity contribution >= 4 is 23.4 Å². The fourth-order valence-corrected chi connectivity index (χ4v) is 3.91. The van der Waals surface area contributed by atoms with Crippen molar-refractivity contribution in [3.8, 4) is 11.4 Å². The van der Waals surface area contributed by atoms with Gasteiger partial charge in [-0.05, 0) is 57.7 Å². The maximum atomic E-state index is 12.7. The second-order valence-corrected chi connectivity index (χ2v) is 8.82. The summed E-state index contributed by atoms with van der Waals surface area (Å²) in [6.07, 6.45) is -4.77. The number of ether oxygens (including phenoxy) is 1. The van der Waals surface area contributed by atoms with Gasteiger partial charge in [0.15, 0.2) is 0 Å². The van der Waals surface area contributed by atoms with Gasteiger partial charge in [-0.25, -0.2) is 0 Å². The molecule has 0 bridgehead atoms. The summed E-state index contributed by atoms with van der Waals surface area (Å²) in [5.41, 5.74) is 3.38. The Morgan fingerprint density at radius 3 is 2.21 bits per heavy atom. The van der Waals surface area contributed by atoms with Gasteiger partial charge in [0.1, 0.15) is 5.75 Å². The average molecular weight is 480 g/mol. The number of nitrogens with one attached hydrogen (secondary N) is 1. The molecular weight excluding hydrogens is 455 g/mol. The van der Waals surface area contributed by atoms with E-state index in [-0.39, 0.29) is 29.2 Å². The van der Waals surface area contributed by atoms with E-state index in [4.69, 9.17) is 0 Å². The highest BCUT2D eigenvalue weighted by molar-refractivity contribution is 7.99. The first kappa shape index (κ1) is 24.6. The Bertz CT molecular complexity index is 1070. The highest BCUT2D eigenvalue weighted by Gasteiger charge is 2.31. The number of alkyl halides is 3. The summed E-state index contributed by atoms with van der Waals surface area (Å²) in [6, 6.07) is 11.1. The van der Waals surface area contributed by atoms with Crippen LogP contribution in [-0.4, -0.2) is 38.2 Å². The number of benzene rings is 2. The quantitative estimate of drug-likeness (QED) is 0.427. The number of para-hydroxylation sites is 1. The summed E-state index contributed by atoms with van der Waals surface area (Å²) in [5.74, 6) is -0.0257. The van der Waals surface area contributed by atoms with Crippen molar-refractivity contribution < 1.29 is 22.7 Å². The maximum Gasteiger partial charge on any atom is 0.573 e. The molecule has 0 radical (unpaired) electrons. The van der Waals surface area contributed by atoms with E-state index in [2.05, 4.69) is 53.3 Å². The van der Waals surface area contributed by atoms with E-state index in [1.54, 1.807) is 0 Å². The molecule has 0 saturated heterocycles. The van der Waals surface area contributed by atoms with E-state index in [0.717, 1.165) is 28.6 Å². The normalized spacial score (nSPS) is 11.8. The lowest BCUT2D eigenvalue weighted by Gasteiger charge is -2.20. The zero-order valence-corrected chi connectivity index (χ0v) is 19.4.